The van der Waals surface area contributed by atoms with Gasteiger partial charge >= 0.3 is 12.1 Å². The number of carboxylic acids is 1. The first kappa shape index (κ1) is 16.7. The normalized spacial score (nSPS) is 14.7. The van der Waals surface area contributed by atoms with Crippen LogP contribution in [0.15, 0.2) is 0 Å². The Labute approximate surface area is 107 Å². The first-order chi connectivity index (χ1) is 8.10. The molecule has 0 aliphatic heterocycles. The Balaban J connectivity index is 4.16. The third-order valence-corrected chi connectivity index (χ3v) is 2.26. The van der Waals surface area contributed by atoms with E-state index in [0.717, 1.165) is 0 Å². The van der Waals surface area contributed by atoms with Gasteiger partial charge in [-0.2, -0.15) is 0 Å². The third kappa shape index (κ3) is 6.41. The van der Waals surface area contributed by atoms with Crippen LogP contribution in [-0.4, -0.2) is 41.4 Å². The van der Waals surface area contributed by atoms with E-state index in [9.17, 15) is 9.59 Å². The first-order valence-electron chi connectivity index (χ1n) is 5.80. The Morgan fingerprint density at radius 2 is 1.83 bits per heavy atom. The van der Waals surface area contributed by atoms with Gasteiger partial charge in [0.05, 0.1) is 0 Å². The van der Waals surface area contributed by atoms with Crippen molar-refractivity contribution in [3.63, 3.8) is 0 Å². The van der Waals surface area contributed by atoms with Gasteiger partial charge in [-0.25, -0.2) is 4.79 Å². The molecule has 7 heteroatoms. The van der Waals surface area contributed by atoms with Gasteiger partial charge in [-0.15, -0.1) is 0 Å². The molecule has 0 radical (unpaired) electrons. The standard InChI is InChI=1S/C11H23N3O4/c1-10(2,3)18-9(17)14-7-5-11(13,4-6-12)8(15)16/h4-7,12-13H2,1-3H3,(H,14,17)(H,15,16)/t11-/m0/s1. The summed E-state index contributed by atoms with van der Waals surface area (Å²) in [6, 6.07) is 0. The van der Waals surface area contributed by atoms with Crippen molar-refractivity contribution in [2.24, 2.45) is 11.5 Å². The summed E-state index contributed by atoms with van der Waals surface area (Å²) in [6.07, 6.45) is -0.347. The summed E-state index contributed by atoms with van der Waals surface area (Å²) in [4.78, 5) is 22.3. The molecule has 0 bridgehead atoms. The molecule has 106 valence electrons. The monoisotopic (exact) mass is 261 g/mol. The van der Waals surface area contributed by atoms with E-state index in [-0.39, 0.29) is 25.9 Å². The zero-order chi connectivity index (χ0) is 14.4. The van der Waals surface area contributed by atoms with E-state index in [2.05, 4.69) is 5.32 Å². The Bertz CT molecular complexity index is 301. The van der Waals surface area contributed by atoms with E-state index in [4.69, 9.17) is 21.3 Å². The number of carbonyl (C=O) groups is 2. The van der Waals surface area contributed by atoms with Crippen LogP contribution in [0, 0.1) is 0 Å². The molecule has 0 saturated heterocycles. The summed E-state index contributed by atoms with van der Waals surface area (Å²) < 4.78 is 5.01. The second-order valence-electron chi connectivity index (χ2n) is 5.18. The molecule has 0 aromatic rings. The van der Waals surface area contributed by atoms with Crippen LogP contribution < -0.4 is 16.8 Å². The highest BCUT2D eigenvalue weighted by molar-refractivity contribution is 5.78. The van der Waals surface area contributed by atoms with Gasteiger partial charge in [0.25, 0.3) is 0 Å². The number of rotatable bonds is 6. The number of carboxylic acid groups (broad SMARTS) is 1. The Morgan fingerprint density at radius 1 is 1.28 bits per heavy atom. The van der Waals surface area contributed by atoms with E-state index in [0.29, 0.717) is 0 Å². The number of alkyl carbamates (subject to hydrolysis) is 1. The fourth-order valence-corrected chi connectivity index (χ4v) is 1.30. The highest BCUT2D eigenvalue weighted by atomic mass is 16.6. The van der Waals surface area contributed by atoms with E-state index < -0.39 is 23.2 Å². The largest absolute Gasteiger partial charge is 0.480 e. The molecule has 1 amide bonds. The van der Waals surface area contributed by atoms with Gasteiger partial charge in [0.15, 0.2) is 0 Å². The molecule has 6 N–H and O–H groups in total. The minimum Gasteiger partial charge on any atom is -0.480 e. The lowest BCUT2D eigenvalue weighted by molar-refractivity contribution is -0.143. The van der Waals surface area contributed by atoms with Crippen LogP contribution in [0.1, 0.15) is 33.6 Å². The van der Waals surface area contributed by atoms with Crippen molar-refractivity contribution >= 4 is 12.1 Å². The molecular formula is C11H23N3O4. The van der Waals surface area contributed by atoms with Gasteiger partial charge in [0.1, 0.15) is 11.1 Å². The minimum absolute atomic E-state index is 0.0960. The predicted molar refractivity (Wildman–Crippen MR) is 67.1 cm³/mol. The zero-order valence-corrected chi connectivity index (χ0v) is 11.2. The molecule has 0 rings (SSSR count). The first-order valence-corrected chi connectivity index (χ1v) is 5.80. The lowest BCUT2D eigenvalue weighted by Crippen LogP contribution is -2.51. The summed E-state index contributed by atoms with van der Waals surface area (Å²) in [6.45, 7) is 5.52. The number of hydrogen-bond donors (Lipinski definition) is 4. The van der Waals surface area contributed by atoms with Crippen LogP contribution in [0.4, 0.5) is 4.79 Å². The molecule has 7 nitrogen and oxygen atoms in total. The smallest absolute Gasteiger partial charge is 0.407 e. The van der Waals surface area contributed by atoms with Gasteiger partial charge in [0, 0.05) is 6.54 Å². The molecule has 0 unspecified atom stereocenters. The summed E-state index contributed by atoms with van der Waals surface area (Å²) in [5.74, 6) is -1.13. The maximum Gasteiger partial charge on any atom is 0.407 e. The summed E-state index contributed by atoms with van der Waals surface area (Å²) in [5, 5.41) is 11.5. The number of nitrogens with one attached hydrogen (secondary N) is 1. The number of ether oxygens (including phenoxy) is 1. The van der Waals surface area contributed by atoms with Crippen LogP contribution in [-0.2, 0) is 9.53 Å². The van der Waals surface area contributed by atoms with Crippen molar-refractivity contribution in [1.29, 1.82) is 0 Å². The van der Waals surface area contributed by atoms with Crippen LogP contribution in [0.25, 0.3) is 0 Å². The minimum atomic E-state index is -1.41. The molecule has 0 heterocycles. The topological polar surface area (TPSA) is 128 Å². The van der Waals surface area contributed by atoms with E-state index in [1.807, 2.05) is 0 Å². The maximum atomic E-state index is 11.3. The van der Waals surface area contributed by atoms with E-state index in [1.54, 1.807) is 20.8 Å². The quantitative estimate of drug-likeness (QED) is 0.534. The average molecular weight is 261 g/mol. The Morgan fingerprint density at radius 3 is 2.22 bits per heavy atom. The number of aliphatic carboxylic acids is 1. The molecule has 0 aliphatic rings. The molecule has 0 aliphatic carbocycles. The summed E-state index contributed by atoms with van der Waals surface area (Å²) >= 11 is 0. The highest BCUT2D eigenvalue weighted by Gasteiger charge is 2.32. The van der Waals surface area contributed by atoms with Crippen LogP contribution in [0.5, 0.6) is 0 Å². The zero-order valence-electron chi connectivity index (χ0n) is 11.2. The molecule has 18 heavy (non-hydrogen) atoms. The van der Waals surface area contributed by atoms with Crippen molar-refractivity contribution in [2.75, 3.05) is 13.1 Å². The number of hydrogen-bond acceptors (Lipinski definition) is 5. The van der Waals surface area contributed by atoms with Gasteiger partial charge < -0.3 is 26.6 Å². The number of nitrogens with two attached hydrogens (primary N) is 2. The van der Waals surface area contributed by atoms with Crippen molar-refractivity contribution in [2.45, 2.75) is 44.8 Å². The van der Waals surface area contributed by atoms with Crippen molar-refractivity contribution < 1.29 is 19.4 Å². The number of carbonyl (C=O) groups excluding carboxylic acids is 1. The molecule has 0 saturated carbocycles. The van der Waals surface area contributed by atoms with Crippen molar-refractivity contribution in [1.82, 2.24) is 5.32 Å². The molecule has 1 atom stereocenters. The predicted octanol–water partition coefficient (Wildman–Crippen LogP) is 0.0321. The highest BCUT2D eigenvalue weighted by Crippen LogP contribution is 2.11. The fraction of sp³-hybridized carbons (Fsp3) is 0.818. The molecule has 0 fully saturated rings. The van der Waals surface area contributed by atoms with Gasteiger partial charge in [-0.1, -0.05) is 0 Å². The van der Waals surface area contributed by atoms with Crippen molar-refractivity contribution in [3.8, 4) is 0 Å². The fourth-order valence-electron chi connectivity index (χ4n) is 1.30. The maximum absolute atomic E-state index is 11.3. The number of amides is 1. The van der Waals surface area contributed by atoms with E-state index in [1.165, 1.54) is 0 Å². The van der Waals surface area contributed by atoms with Gasteiger partial charge in [-0.3, -0.25) is 4.79 Å². The van der Waals surface area contributed by atoms with Crippen LogP contribution >= 0.6 is 0 Å². The molecule has 0 aromatic carbocycles. The van der Waals surface area contributed by atoms with Crippen LogP contribution in [0.3, 0.4) is 0 Å². The lowest BCUT2D eigenvalue weighted by atomic mass is 9.92. The molecule has 0 spiro atoms. The second kappa shape index (κ2) is 6.55. The third-order valence-electron chi connectivity index (χ3n) is 2.26. The Kier molecular flexibility index (Phi) is 6.07. The van der Waals surface area contributed by atoms with Gasteiger partial charge in [-0.05, 0) is 40.2 Å². The van der Waals surface area contributed by atoms with Crippen LogP contribution in [0.2, 0.25) is 0 Å². The van der Waals surface area contributed by atoms with Crippen molar-refractivity contribution in [3.05, 3.63) is 0 Å². The average Bonchev–Trinajstić information content (AvgIpc) is 2.14. The summed E-state index contributed by atoms with van der Waals surface area (Å²) in [5.41, 5.74) is 9.00. The second-order valence-corrected chi connectivity index (χ2v) is 5.18. The lowest BCUT2D eigenvalue weighted by Gasteiger charge is -2.25. The van der Waals surface area contributed by atoms with Gasteiger partial charge in [0.2, 0.25) is 0 Å². The van der Waals surface area contributed by atoms with E-state index >= 15 is 0 Å². The molecular weight excluding hydrogens is 238 g/mol. The molecule has 0 aromatic heterocycles. The summed E-state index contributed by atoms with van der Waals surface area (Å²) in [7, 11) is 0. The Hall–Kier alpha value is -1.34. The SMILES string of the molecule is CC(C)(C)OC(=O)NCC[C@@](N)(CCN)C(=O)O.